The van der Waals surface area contributed by atoms with Crippen LogP contribution in [0.4, 0.5) is 0 Å². The molecule has 3 rings (SSSR count). The molecule has 5 nitrogen and oxygen atoms in total. The third-order valence-corrected chi connectivity index (χ3v) is 10.6. The topological polar surface area (TPSA) is 42.0 Å². The van der Waals surface area contributed by atoms with Crippen LogP contribution in [0.15, 0.2) is 60.7 Å². The highest BCUT2D eigenvalue weighted by atomic mass is 32.3. The van der Waals surface area contributed by atoms with Crippen LogP contribution in [-0.2, 0) is 13.7 Å². The highest BCUT2D eigenvalue weighted by Crippen LogP contribution is 2.54. The highest BCUT2D eigenvalue weighted by Gasteiger charge is 2.36. The van der Waals surface area contributed by atoms with Gasteiger partial charge in [0.05, 0.1) is 24.3 Å². The van der Waals surface area contributed by atoms with Crippen molar-refractivity contribution in [2.75, 3.05) is 45.9 Å². The number of hydrogen-bond acceptors (Lipinski definition) is 4. The molecule has 0 N–H and O–H groups in total. The van der Waals surface area contributed by atoms with Gasteiger partial charge in [-0.1, -0.05) is 81.4 Å². The molecule has 1 unspecified atom stereocenters. The SMILES string of the molecule is CC(C)(C)S(C)(C)OCC1CN(C=O)CCN1C(c1ccccc1)c1ccccc1.COC(C)(C)C. The van der Waals surface area contributed by atoms with Crippen LogP contribution < -0.4 is 0 Å². The first-order valence-corrected chi connectivity index (χ1v) is 15.1. The third kappa shape index (κ3) is 8.91. The predicted molar refractivity (Wildman–Crippen MR) is 155 cm³/mol. The zero-order valence-electron chi connectivity index (χ0n) is 23.9. The van der Waals surface area contributed by atoms with E-state index in [-0.39, 0.29) is 22.4 Å². The predicted octanol–water partition coefficient (Wildman–Crippen LogP) is 6.14. The molecule has 0 aliphatic carbocycles. The Labute approximate surface area is 221 Å². The van der Waals surface area contributed by atoms with Crippen molar-refractivity contribution >= 4 is 16.7 Å². The van der Waals surface area contributed by atoms with Crippen LogP contribution in [0.2, 0.25) is 0 Å². The van der Waals surface area contributed by atoms with E-state index in [2.05, 4.69) is 98.8 Å². The maximum absolute atomic E-state index is 11.6. The van der Waals surface area contributed by atoms with Gasteiger partial charge in [-0.25, -0.2) is 0 Å². The van der Waals surface area contributed by atoms with Gasteiger partial charge >= 0.3 is 0 Å². The summed E-state index contributed by atoms with van der Waals surface area (Å²) in [6, 6.07) is 21.6. The van der Waals surface area contributed by atoms with Crippen LogP contribution in [0.1, 0.15) is 58.7 Å². The first-order chi connectivity index (χ1) is 16.8. The summed E-state index contributed by atoms with van der Waals surface area (Å²) in [4.78, 5) is 16.0. The second-order valence-corrected chi connectivity index (χ2v) is 15.6. The van der Waals surface area contributed by atoms with Crippen LogP contribution in [0.25, 0.3) is 0 Å². The molecule has 202 valence electrons. The Hall–Kier alpha value is -1.86. The lowest BCUT2D eigenvalue weighted by Gasteiger charge is -2.48. The summed E-state index contributed by atoms with van der Waals surface area (Å²) >= 11 is 0. The normalized spacial score (nSPS) is 17.9. The van der Waals surface area contributed by atoms with Crippen molar-refractivity contribution in [1.82, 2.24) is 9.80 Å². The van der Waals surface area contributed by atoms with Crippen molar-refractivity contribution in [3.8, 4) is 0 Å². The second kappa shape index (κ2) is 13.1. The fourth-order valence-corrected chi connectivity index (χ4v) is 4.60. The molecular formula is C30H48N2O3S. The number of amides is 1. The van der Waals surface area contributed by atoms with Gasteiger partial charge in [0.1, 0.15) is 0 Å². The second-order valence-electron chi connectivity index (χ2n) is 11.7. The summed E-state index contributed by atoms with van der Waals surface area (Å²) in [7, 11) is 0.475. The van der Waals surface area contributed by atoms with E-state index >= 15 is 0 Å². The zero-order valence-corrected chi connectivity index (χ0v) is 24.7. The summed E-state index contributed by atoms with van der Waals surface area (Å²) in [5, 5.41) is 0. The Morgan fingerprint density at radius 1 is 0.917 bits per heavy atom. The number of carbonyl (C=O) groups is 1. The Bertz CT molecular complexity index is 868. The van der Waals surface area contributed by atoms with Crippen LogP contribution in [-0.4, -0.2) is 78.5 Å². The molecule has 1 fully saturated rings. The lowest BCUT2D eigenvalue weighted by molar-refractivity contribution is -0.121. The van der Waals surface area contributed by atoms with Gasteiger partial charge in [0, 0.05) is 31.5 Å². The Morgan fingerprint density at radius 2 is 1.39 bits per heavy atom. The van der Waals surface area contributed by atoms with Crippen molar-refractivity contribution in [3.63, 3.8) is 0 Å². The number of methoxy groups -OCH3 is 1. The van der Waals surface area contributed by atoms with Crippen molar-refractivity contribution < 1.29 is 13.7 Å². The van der Waals surface area contributed by atoms with Gasteiger partial charge in [-0.3, -0.25) is 9.69 Å². The number of carbonyl (C=O) groups excluding carboxylic acids is 1. The van der Waals surface area contributed by atoms with E-state index < -0.39 is 10.3 Å². The summed E-state index contributed by atoms with van der Waals surface area (Å²) in [6.07, 6.45) is 5.46. The number of piperazine rings is 1. The van der Waals surface area contributed by atoms with Gasteiger partial charge in [0.15, 0.2) is 0 Å². The average Bonchev–Trinajstić information content (AvgIpc) is 2.84. The van der Waals surface area contributed by atoms with Gasteiger partial charge < -0.3 is 13.8 Å². The van der Waals surface area contributed by atoms with E-state index in [1.165, 1.54) is 11.1 Å². The lowest BCUT2D eigenvalue weighted by Crippen LogP contribution is -2.55. The van der Waals surface area contributed by atoms with Crippen LogP contribution in [0, 0.1) is 0 Å². The molecule has 1 heterocycles. The summed E-state index contributed by atoms with van der Waals surface area (Å²) in [6.45, 7) is 15.7. The van der Waals surface area contributed by atoms with Gasteiger partial charge in [0.2, 0.25) is 6.41 Å². The van der Waals surface area contributed by atoms with Crippen LogP contribution in [0.5, 0.6) is 0 Å². The minimum absolute atomic E-state index is 0.0417. The molecule has 0 spiro atoms. The maximum atomic E-state index is 11.6. The minimum Gasteiger partial charge on any atom is -0.379 e. The minimum atomic E-state index is -1.23. The largest absolute Gasteiger partial charge is 0.379 e. The molecule has 0 saturated carbocycles. The number of ether oxygens (including phenoxy) is 1. The van der Waals surface area contributed by atoms with Crippen LogP contribution in [0.3, 0.4) is 0 Å². The molecule has 0 bridgehead atoms. The molecule has 6 heteroatoms. The molecular weight excluding hydrogens is 468 g/mol. The van der Waals surface area contributed by atoms with E-state index in [0.717, 1.165) is 19.5 Å². The van der Waals surface area contributed by atoms with E-state index in [0.29, 0.717) is 13.2 Å². The van der Waals surface area contributed by atoms with Gasteiger partial charge in [-0.15, -0.1) is 10.3 Å². The van der Waals surface area contributed by atoms with Crippen LogP contribution >= 0.6 is 10.3 Å². The average molecular weight is 517 g/mol. The lowest BCUT2D eigenvalue weighted by atomic mass is 9.94. The third-order valence-electron chi connectivity index (χ3n) is 6.91. The first kappa shape index (κ1) is 30.4. The van der Waals surface area contributed by atoms with Crippen molar-refractivity contribution in [3.05, 3.63) is 71.8 Å². The molecule has 1 saturated heterocycles. The van der Waals surface area contributed by atoms with E-state index in [9.17, 15) is 4.79 Å². The van der Waals surface area contributed by atoms with Crippen molar-refractivity contribution in [1.29, 1.82) is 0 Å². The monoisotopic (exact) mass is 516 g/mol. The molecule has 1 aliphatic heterocycles. The number of hydrogen-bond donors (Lipinski definition) is 0. The van der Waals surface area contributed by atoms with Gasteiger partial charge in [-0.05, 0) is 44.4 Å². The Morgan fingerprint density at radius 3 is 1.78 bits per heavy atom. The molecule has 0 aromatic heterocycles. The van der Waals surface area contributed by atoms with E-state index in [4.69, 9.17) is 8.92 Å². The molecule has 2 aromatic rings. The quantitative estimate of drug-likeness (QED) is 0.414. The smallest absolute Gasteiger partial charge is 0.209 e. The Balaban J connectivity index is 0.000000678. The van der Waals surface area contributed by atoms with Crippen molar-refractivity contribution in [2.24, 2.45) is 0 Å². The molecule has 2 aromatic carbocycles. The number of benzene rings is 2. The summed E-state index contributed by atoms with van der Waals surface area (Å²) in [5.41, 5.74) is 2.59. The molecule has 1 atom stereocenters. The number of nitrogens with zero attached hydrogens (tertiary/aromatic N) is 2. The maximum Gasteiger partial charge on any atom is 0.209 e. The highest BCUT2D eigenvalue weighted by molar-refractivity contribution is 8.29. The van der Waals surface area contributed by atoms with Crippen molar-refractivity contribution in [2.45, 2.75) is 64.0 Å². The van der Waals surface area contributed by atoms with E-state index in [1.807, 2.05) is 25.7 Å². The van der Waals surface area contributed by atoms with Gasteiger partial charge in [0.25, 0.3) is 0 Å². The standard InChI is InChI=1S/C25H36N2O2S.C5H12O/c1-25(2,3)30(4,5)29-19-23-18-26(20-28)16-17-27(23)24(21-12-8-6-9-13-21)22-14-10-7-11-15-22;1-5(2,3)6-4/h6-15,20,23-24H,16-19H2,1-5H3;1-4H3. The zero-order chi connectivity index (χ0) is 27.0. The molecule has 36 heavy (non-hydrogen) atoms. The fourth-order valence-electron chi connectivity index (χ4n) is 3.75. The molecule has 1 amide bonds. The fraction of sp³-hybridized carbons (Fsp3) is 0.567. The summed E-state index contributed by atoms with van der Waals surface area (Å²) < 4.78 is 11.6. The Kier molecular flexibility index (Phi) is 11.0. The number of rotatable bonds is 7. The summed E-state index contributed by atoms with van der Waals surface area (Å²) in [5.74, 6) is 0. The van der Waals surface area contributed by atoms with Gasteiger partial charge in [-0.2, -0.15) is 0 Å². The molecule has 0 radical (unpaired) electrons. The first-order valence-electron chi connectivity index (χ1n) is 12.8. The van der Waals surface area contributed by atoms with E-state index in [1.54, 1.807) is 7.11 Å². The molecule has 1 aliphatic rings.